The van der Waals surface area contributed by atoms with Crippen LogP contribution < -0.4 is 10.6 Å². The Balaban J connectivity index is 0.00000243. The SMILES string of the molecule is CCNC(=NCC1CCCN1CC)NCCc1nc2ccccc2[nH]1.I. The Hall–Kier alpha value is -1.35. The maximum absolute atomic E-state index is 4.79. The minimum atomic E-state index is 0. The van der Waals surface area contributed by atoms with Gasteiger partial charge < -0.3 is 15.6 Å². The Morgan fingerprint density at radius 3 is 2.92 bits per heavy atom. The number of nitrogens with one attached hydrogen (secondary N) is 3. The molecule has 1 aliphatic rings. The van der Waals surface area contributed by atoms with Gasteiger partial charge in [0.2, 0.25) is 0 Å². The predicted octanol–water partition coefficient (Wildman–Crippen LogP) is 2.76. The molecule has 3 rings (SSSR count). The molecule has 1 saturated heterocycles. The Bertz CT molecular complexity index is 665. The lowest BCUT2D eigenvalue weighted by Crippen LogP contribution is -2.40. The van der Waals surface area contributed by atoms with E-state index in [1.54, 1.807) is 0 Å². The zero-order valence-corrected chi connectivity index (χ0v) is 18.1. The maximum atomic E-state index is 4.79. The average Bonchev–Trinajstić information content (AvgIpc) is 3.25. The molecule has 1 unspecified atom stereocenters. The lowest BCUT2D eigenvalue weighted by molar-refractivity contribution is 0.273. The van der Waals surface area contributed by atoms with Gasteiger partial charge in [-0.2, -0.15) is 0 Å². The second kappa shape index (κ2) is 10.7. The van der Waals surface area contributed by atoms with E-state index in [2.05, 4.69) is 45.4 Å². The summed E-state index contributed by atoms with van der Waals surface area (Å²) in [5.74, 6) is 1.92. The van der Waals surface area contributed by atoms with Gasteiger partial charge in [-0.25, -0.2) is 4.98 Å². The number of imidazole rings is 1. The summed E-state index contributed by atoms with van der Waals surface area (Å²) in [6.07, 6.45) is 3.41. The number of likely N-dealkylation sites (tertiary alicyclic amines) is 1. The average molecular weight is 470 g/mol. The first kappa shape index (κ1) is 21.0. The second-order valence-corrected chi connectivity index (χ2v) is 6.52. The normalized spacial score (nSPS) is 18.1. The van der Waals surface area contributed by atoms with Crippen LogP contribution in [-0.2, 0) is 6.42 Å². The van der Waals surface area contributed by atoms with Gasteiger partial charge in [-0.3, -0.25) is 9.89 Å². The number of aromatic nitrogens is 2. The van der Waals surface area contributed by atoms with Crippen LogP contribution in [0, 0.1) is 0 Å². The van der Waals surface area contributed by atoms with Gasteiger partial charge >= 0.3 is 0 Å². The minimum Gasteiger partial charge on any atom is -0.357 e. The number of hydrogen-bond donors (Lipinski definition) is 3. The van der Waals surface area contributed by atoms with E-state index in [1.165, 1.54) is 19.4 Å². The summed E-state index contributed by atoms with van der Waals surface area (Å²) < 4.78 is 0. The fourth-order valence-corrected chi connectivity index (χ4v) is 3.48. The number of benzene rings is 1. The van der Waals surface area contributed by atoms with Crippen molar-refractivity contribution in [2.45, 2.75) is 39.2 Å². The molecule has 0 bridgehead atoms. The Morgan fingerprint density at radius 2 is 2.15 bits per heavy atom. The Kier molecular flexibility index (Phi) is 8.64. The molecule has 26 heavy (non-hydrogen) atoms. The molecule has 1 atom stereocenters. The van der Waals surface area contributed by atoms with Gasteiger partial charge in [0, 0.05) is 25.6 Å². The molecule has 1 aromatic heterocycles. The zero-order valence-electron chi connectivity index (χ0n) is 15.8. The van der Waals surface area contributed by atoms with Crippen LogP contribution in [-0.4, -0.2) is 59.6 Å². The standard InChI is InChI=1S/C19H30N6.HI/c1-3-20-19(22-14-15-8-7-13-25(15)4-2)21-12-11-18-23-16-9-5-6-10-17(16)24-18;/h5-6,9-10,15H,3-4,7-8,11-14H2,1-2H3,(H,23,24)(H2,20,21,22);1H. The number of hydrogen-bond acceptors (Lipinski definition) is 3. The number of likely N-dealkylation sites (N-methyl/N-ethyl adjacent to an activating group) is 1. The first-order valence-corrected chi connectivity index (χ1v) is 9.50. The highest BCUT2D eigenvalue weighted by Gasteiger charge is 2.22. The highest BCUT2D eigenvalue weighted by Crippen LogP contribution is 2.16. The van der Waals surface area contributed by atoms with Crippen molar-refractivity contribution in [3.8, 4) is 0 Å². The fourth-order valence-electron chi connectivity index (χ4n) is 3.48. The topological polar surface area (TPSA) is 68.3 Å². The van der Waals surface area contributed by atoms with Crippen LogP contribution in [0.5, 0.6) is 0 Å². The van der Waals surface area contributed by atoms with Crippen molar-refractivity contribution in [2.75, 3.05) is 32.7 Å². The van der Waals surface area contributed by atoms with Crippen LogP contribution in [0.15, 0.2) is 29.3 Å². The van der Waals surface area contributed by atoms with E-state index in [-0.39, 0.29) is 24.0 Å². The first-order chi connectivity index (χ1) is 12.3. The molecule has 0 amide bonds. The summed E-state index contributed by atoms with van der Waals surface area (Å²) in [5, 5.41) is 6.77. The van der Waals surface area contributed by atoms with Crippen LogP contribution >= 0.6 is 24.0 Å². The summed E-state index contributed by atoms with van der Waals surface area (Å²) in [6.45, 7) is 9.23. The molecule has 2 heterocycles. The van der Waals surface area contributed by atoms with E-state index in [0.29, 0.717) is 6.04 Å². The van der Waals surface area contributed by atoms with E-state index in [4.69, 9.17) is 4.99 Å². The van der Waals surface area contributed by atoms with Gasteiger partial charge in [0.05, 0.1) is 17.6 Å². The van der Waals surface area contributed by atoms with Crippen molar-refractivity contribution in [3.63, 3.8) is 0 Å². The number of aromatic amines is 1. The molecule has 1 aliphatic heterocycles. The summed E-state index contributed by atoms with van der Waals surface area (Å²) in [4.78, 5) is 15.3. The Labute approximate surface area is 173 Å². The van der Waals surface area contributed by atoms with Crippen LogP contribution in [0.1, 0.15) is 32.5 Å². The second-order valence-electron chi connectivity index (χ2n) is 6.52. The van der Waals surface area contributed by atoms with E-state index < -0.39 is 0 Å². The number of rotatable bonds is 7. The van der Waals surface area contributed by atoms with Crippen molar-refractivity contribution in [1.29, 1.82) is 0 Å². The van der Waals surface area contributed by atoms with Crippen molar-refractivity contribution < 1.29 is 0 Å². The molecule has 7 heteroatoms. The number of aliphatic imine (C=N–C) groups is 1. The van der Waals surface area contributed by atoms with Crippen molar-refractivity contribution in [2.24, 2.45) is 4.99 Å². The molecule has 6 nitrogen and oxygen atoms in total. The predicted molar refractivity (Wildman–Crippen MR) is 119 cm³/mol. The van der Waals surface area contributed by atoms with Gasteiger partial charge in [-0.1, -0.05) is 19.1 Å². The van der Waals surface area contributed by atoms with Crippen molar-refractivity contribution in [1.82, 2.24) is 25.5 Å². The molecular weight excluding hydrogens is 439 g/mol. The molecule has 0 radical (unpaired) electrons. The van der Waals surface area contributed by atoms with Crippen LogP contribution in [0.3, 0.4) is 0 Å². The molecular formula is C19H31IN6. The van der Waals surface area contributed by atoms with E-state index in [1.807, 2.05) is 18.2 Å². The van der Waals surface area contributed by atoms with Gasteiger partial charge in [0.25, 0.3) is 0 Å². The van der Waals surface area contributed by atoms with E-state index >= 15 is 0 Å². The third kappa shape index (κ3) is 5.57. The summed E-state index contributed by atoms with van der Waals surface area (Å²) >= 11 is 0. The van der Waals surface area contributed by atoms with Crippen molar-refractivity contribution >= 4 is 41.0 Å². The highest BCUT2D eigenvalue weighted by atomic mass is 127. The molecule has 0 spiro atoms. The quantitative estimate of drug-likeness (QED) is 0.331. The summed E-state index contributed by atoms with van der Waals surface area (Å²) in [7, 11) is 0. The molecule has 2 aromatic rings. The van der Waals surface area contributed by atoms with Gasteiger partial charge in [0.15, 0.2) is 5.96 Å². The third-order valence-electron chi connectivity index (χ3n) is 4.80. The smallest absolute Gasteiger partial charge is 0.191 e. The van der Waals surface area contributed by atoms with Crippen LogP contribution in [0.2, 0.25) is 0 Å². The van der Waals surface area contributed by atoms with E-state index in [0.717, 1.165) is 55.4 Å². The van der Waals surface area contributed by atoms with Crippen LogP contribution in [0.25, 0.3) is 11.0 Å². The number of fused-ring (bicyclic) bond motifs is 1. The van der Waals surface area contributed by atoms with Gasteiger partial charge in [-0.15, -0.1) is 24.0 Å². The summed E-state index contributed by atoms with van der Waals surface area (Å²) in [5.41, 5.74) is 2.12. The van der Waals surface area contributed by atoms with Crippen molar-refractivity contribution in [3.05, 3.63) is 30.1 Å². The summed E-state index contributed by atoms with van der Waals surface area (Å²) in [6, 6.07) is 8.74. The zero-order chi connectivity index (χ0) is 17.5. The number of H-pyrrole nitrogens is 1. The monoisotopic (exact) mass is 470 g/mol. The fraction of sp³-hybridized carbons (Fsp3) is 0.579. The molecule has 3 N–H and O–H groups in total. The van der Waals surface area contributed by atoms with E-state index in [9.17, 15) is 0 Å². The number of para-hydroxylation sites is 2. The molecule has 0 saturated carbocycles. The molecule has 144 valence electrons. The lowest BCUT2D eigenvalue weighted by atomic mass is 10.2. The number of halogens is 1. The van der Waals surface area contributed by atoms with Crippen LogP contribution in [0.4, 0.5) is 0 Å². The largest absolute Gasteiger partial charge is 0.357 e. The highest BCUT2D eigenvalue weighted by molar-refractivity contribution is 14.0. The maximum Gasteiger partial charge on any atom is 0.191 e. The number of nitrogens with zero attached hydrogens (tertiary/aromatic N) is 3. The molecule has 0 aliphatic carbocycles. The van der Waals surface area contributed by atoms with Gasteiger partial charge in [0.1, 0.15) is 5.82 Å². The first-order valence-electron chi connectivity index (χ1n) is 9.50. The number of guanidine groups is 1. The lowest BCUT2D eigenvalue weighted by Gasteiger charge is -2.21. The molecule has 1 fully saturated rings. The van der Waals surface area contributed by atoms with Gasteiger partial charge in [-0.05, 0) is 45.0 Å². The third-order valence-corrected chi connectivity index (χ3v) is 4.80. The minimum absolute atomic E-state index is 0. The Morgan fingerprint density at radius 1 is 1.31 bits per heavy atom. The molecule has 1 aromatic carbocycles.